The Morgan fingerprint density at radius 2 is 1.56 bits per heavy atom. The first kappa shape index (κ1) is 26.9. The van der Waals surface area contributed by atoms with Gasteiger partial charge in [-0.25, -0.2) is 12.8 Å². The molecule has 0 spiro atoms. The summed E-state index contributed by atoms with van der Waals surface area (Å²) in [7, 11) is -4.22. The predicted molar refractivity (Wildman–Crippen MR) is 129 cm³/mol. The van der Waals surface area contributed by atoms with E-state index in [9.17, 15) is 30.8 Å². The molecule has 0 N–H and O–H groups in total. The molecular formula is C25H27ClF4N2O3S. The number of piperidine rings is 2. The summed E-state index contributed by atoms with van der Waals surface area (Å²) in [5, 5.41) is 0.430. The van der Waals surface area contributed by atoms with Crippen LogP contribution in [0.2, 0.25) is 5.02 Å². The molecule has 0 aromatic heterocycles. The van der Waals surface area contributed by atoms with Gasteiger partial charge in [-0.2, -0.15) is 17.5 Å². The number of rotatable bonds is 6. The standard InChI is InChI=1S/C25H27ClF4N2O3S/c26-24-15-22(2-1-19(24)16-33)31-7-3-17(4-8-31)11-18-5-9-32(10-6-18)36(34,35)23-13-20(25(28,29)30)12-21(27)14-23/h1-2,12-18H,3-11H2. The summed E-state index contributed by atoms with van der Waals surface area (Å²) in [6.45, 7) is 2.11. The SMILES string of the molecule is O=Cc1ccc(N2CCC(CC3CCN(S(=O)(=O)c4cc(F)cc(C(F)(F)F)c4)CC3)CC2)cc1Cl. The van der Waals surface area contributed by atoms with E-state index in [0.717, 1.165) is 48.6 Å². The van der Waals surface area contributed by atoms with Crippen LogP contribution in [0.25, 0.3) is 0 Å². The number of hydrogen-bond acceptors (Lipinski definition) is 4. The molecule has 196 valence electrons. The van der Waals surface area contributed by atoms with Gasteiger partial charge >= 0.3 is 6.18 Å². The van der Waals surface area contributed by atoms with Crippen molar-refractivity contribution in [1.82, 2.24) is 4.31 Å². The van der Waals surface area contributed by atoms with E-state index in [1.54, 1.807) is 12.1 Å². The lowest BCUT2D eigenvalue weighted by Gasteiger charge is -2.37. The van der Waals surface area contributed by atoms with Gasteiger partial charge in [0.25, 0.3) is 0 Å². The maximum atomic E-state index is 13.8. The Hall–Kier alpha value is -2.17. The highest BCUT2D eigenvalue weighted by Crippen LogP contribution is 2.35. The minimum absolute atomic E-state index is 0.200. The summed E-state index contributed by atoms with van der Waals surface area (Å²) in [4.78, 5) is 12.5. The van der Waals surface area contributed by atoms with Crippen LogP contribution in [0.3, 0.4) is 0 Å². The van der Waals surface area contributed by atoms with Crippen LogP contribution in [0.5, 0.6) is 0 Å². The number of aldehydes is 1. The Labute approximate surface area is 213 Å². The molecule has 2 aliphatic heterocycles. The van der Waals surface area contributed by atoms with Crippen LogP contribution >= 0.6 is 11.6 Å². The van der Waals surface area contributed by atoms with Crippen molar-refractivity contribution >= 4 is 33.6 Å². The maximum absolute atomic E-state index is 13.8. The summed E-state index contributed by atoms with van der Waals surface area (Å²) in [5.41, 5.74) is 0.125. The highest BCUT2D eigenvalue weighted by atomic mass is 35.5. The van der Waals surface area contributed by atoms with E-state index < -0.39 is 32.5 Å². The summed E-state index contributed by atoms with van der Waals surface area (Å²) in [6.07, 6.45) is 0.0508. The van der Waals surface area contributed by atoms with Gasteiger partial charge in [-0.15, -0.1) is 0 Å². The second-order valence-corrected chi connectivity index (χ2v) is 11.9. The van der Waals surface area contributed by atoms with Crippen LogP contribution in [-0.2, 0) is 16.2 Å². The van der Waals surface area contributed by atoms with E-state index in [1.165, 1.54) is 0 Å². The number of carbonyl (C=O) groups excluding carboxylic acids is 1. The van der Waals surface area contributed by atoms with Crippen molar-refractivity contribution in [3.8, 4) is 0 Å². The monoisotopic (exact) mass is 546 g/mol. The van der Waals surface area contributed by atoms with Crippen molar-refractivity contribution in [2.75, 3.05) is 31.1 Å². The van der Waals surface area contributed by atoms with Crippen molar-refractivity contribution in [1.29, 1.82) is 0 Å². The lowest BCUT2D eigenvalue weighted by Crippen LogP contribution is -2.40. The lowest BCUT2D eigenvalue weighted by atomic mass is 9.83. The van der Waals surface area contributed by atoms with E-state index in [-0.39, 0.29) is 13.1 Å². The van der Waals surface area contributed by atoms with Gasteiger partial charge in [0.05, 0.1) is 15.5 Å². The summed E-state index contributed by atoms with van der Waals surface area (Å²) < 4.78 is 79.8. The van der Waals surface area contributed by atoms with Crippen LogP contribution in [0.1, 0.15) is 48.0 Å². The highest BCUT2D eigenvalue weighted by molar-refractivity contribution is 7.89. The molecule has 11 heteroatoms. The zero-order valence-electron chi connectivity index (χ0n) is 19.5. The van der Waals surface area contributed by atoms with Gasteiger partial charge in [0, 0.05) is 37.4 Å². The van der Waals surface area contributed by atoms with E-state index in [1.807, 2.05) is 6.07 Å². The summed E-state index contributed by atoms with van der Waals surface area (Å²) in [5.74, 6) is -0.407. The molecule has 0 saturated carbocycles. The molecule has 2 saturated heterocycles. The topological polar surface area (TPSA) is 57.7 Å². The minimum Gasteiger partial charge on any atom is -0.371 e. The number of anilines is 1. The van der Waals surface area contributed by atoms with Crippen LogP contribution in [0.4, 0.5) is 23.2 Å². The number of sulfonamides is 1. The van der Waals surface area contributed by atoms with Crippen LogP contribution in [0, 0.1) is 17.7 Å². The summed E-state index contributed by atoms with van der Waals surface area (Å²) in [6, 6.07) is 6.85. The van der Waals surface area contributed by atoms with E-state index in [0.29, 0.717) is 53.5 Å². The first-order valence-corrected chi connectivity index (χ1v) is 13.7. The van der Waals surface area contributed by atoms with Crippen LogP contribution in [-0.4, -0.2) is 45.2 Å². The first-order chi connectivity index (χ1) is 17.0. The quantitative estimate of drug-likeness (QED) is 0.328. The molecular weight excluding hydrogens is 520 g/mol. The highest BCUT2D eigenvalue weighted by Gasteiger charge is 2.35. The number of benzene rings is 2. The van der Waals surface area contributed by atoms with Crippen molar-refractivity contribution in [2.24, 2.45) is 11.8 Å². The Balaban J connectivity index is 1.30. The molecule has 0 amide bonds. The Kier molecular flexibility index (Phi) is 7.97. The van der Waals surface area contributed by atoms with Gasteiger partial charge in [-0.1, -0.05) is 11.6 Å². The van der Waals surface area contributed by atoms with Crippen LogP contribution in [0.15, 0.2) is 41.3 Å². The molecule has 0 atom stereocenters. The minimum atomic E-state index is -4.83. The largest absolute Gasteiger partial charge is 0.416 e. The second-order valence-electron chi connectivity index (χ2n) is 9.51. The van der Waals surface area contributed by atoms with E-state index >= 15 is 0 Å². The molecule has 0 bridgehead atoms. The van der Waals surface area contributed by atoms with Crippen LogP contribution < -0.4 is 4.90 Å². The normalized spacial score (nSPS) is 19.0. The Morgan fingerprint density at radius 1 is 0.944 bits per heavy atom. The molecule has 2 aromatic carbocycles. The number of nitrogens with zero attached hydrogens (tertiary/aromatic N) is 2. The zero-order valence-corrected chi connectivity index (χ0v) is 21.0. The van der Waals surface area contributed by atoms with Crippen molar-refractivity contribution in [3.63, 3.8) is 0 Å². The van der Waals surface area contributed by atoms with Crippen molar-refractivity contribution in [3.05, 3.63) is 58.4 Å². The van der Waals surface area contributed by atoms with E-state index in [4.69, 9.17) is 11.6 Å². The predicted octanol–water partition coefficient (Wildman–Crippen LogP) is 6.02. The first-order valence-electron chi connectivity index (χ1n) is 11.8. The fourth-order valence-electron chi connectivity index (χ4n) is 5.12. The Morgan fingerprint density at radius 3 is 2.11 bits per heavy atom. The van der Waals surface area contributed by atoms with Gasteiger partial charge < -0.3 is 4.90 Å². The van der Waals surface area contributed by atoms with E-state index in [2.05, 4.69) is 4.90 Å². The van der Waals surface area contributed by atoms with Gasteiger partial charge in [0.1, 0.15) is 5.82 Å². The molecule has 0 radical (unpaired) electrons. The third-order valence-corrected chi connectivity index (χ3v) is 9.37. The van der Waals surface area contributed by atoms with Gasteiger partial charge in [-0.05, 0) is 80.3 Å². The molecule has 2 aromatic rings. The number of hydrogen-bond donors (Lipinski definition) is 0. The second kappa shape index (κ2) is 10.7. The molecule has 2 fully saturated rings. The number of halogens is 5. The third-order valence-electron chi connectivity index (χ3n) is 7.17. The maximum Gasteiger partial charge on any atom is 0.416 e. The van der Waals surface area contributed by atoms with Gasteiger partial charge in [0.2, 0.25) is 10.0 Å². The van der Waals surface area contributed by atoms with Gasteiger partial charge in [0.15, 0.2) is 6.29 Å². The molecule has 4 rings (SSSR count). The molecule has 0 aliphatic carbocycles. The fraction of sp³-hybridized carbons (Fsp3) is 0.480. The number of alkyl halides is 3. The fourth-order valence-corrected chi connectivity index (χ4v) is 6.86. The zero-order chi connectivity index (χ0) is 26.1. The smallest absolute Gasteiger partial charge is 0.371 e. The van der Waals surface area contributed by atoms with Crippen molar-refractivity contribution in [2.45, 2.75) is 43.2 Å². The molecule has 5 nitrogen and oxygen atoms in total. The lowest BCUT2D eigenvalue weighted by molar-refractivity contribution is -0.137. The Bertz CT molecular complexity index is 1210. The molecule has 36 heavy (non-hydrogen) atoms. The third kappa shape index (κ3) is 6.03. The summed E-state index contributed by atoms with van der Waals surface area (Å²) >= 11 is 6.15. The molecule has 0 unspecified atom stereocenters. The van der Waals surface area contributed by atoms with Crippen molar-refractivity contribution < 1.29 is 30.8 Å². The number of carbonyl (C=O) groups is 1. The average molecular weight is 547 g/mol. The molecule has 2 aliphatic rings. The average Bonchev–Trinajstić information content (AvgIpc) is 2.84. The molecule has 2 heterocycles. The van der Waals surface area contributed by atoms with Gasteiger partial charge in [-0.3, -0.25) is 4.79 Å².